The van der Waals surface area contributed by atoms with Gasteiger partial charge in [0.05, 0.1) is 16.4 Å². The average molecular weight is 325 g/mol. The van der Waals surface area contributed by atoms with Crippen molar-refractivity contribution in [1.29, 1.82) is 0 Å². The Hall–Kier alpha value is -2.47. The highest BCUT2D eigenvalue weighted by Crippen LogP contribution is 2.20. The number of carbonyl (C=O) groups excluding carboxylic acids is 2. The summed E-state index contributed by atoms with van der Waals surface area (Å²) in [5.41, 5.74) is 0.173. The first-order chi connectivity index (χ1) is 10.5. The molecule has 0 radical (unpaired) electrons. The van der Waals surface area contributed by atoms with Gasteiger partial charge in [-0.2, -0.15) is 0 Å². The highest BCUT2D eigenvalue weighted by molar-refractivity contribution is 6.33. The second kappa shape index (κ2) is 7.00. The molecule has 7 heteroatoms. The van der Waals surface area contributed by atoms with Crippen LogP contribution in [0.1, 0.15) is 6.42 Å². The summed E-state index contributed by atoms with van der Waals surface area (Å²) in [6.07, 6.45) is -0.526. The molecular formula is C15H11ClF2N2O2. The lowest BCUT2D eigenvalue weighted by Gasteiger charge is -2.08. The van der Waals surface area contributed by atoms with Crippen molar-refractivity contribution in [3.8, 4) is 0 Å². The first-order valence-electron chi connectivity index (χ1n) is 6.25. The van der Waals surface area contributed by atoms with Gasteiger partial charge in [0.1, 0.15) is 18.1 Å². The lowest BCUT2D eigenvalue weighted by Crippen LogP contribution is -2.22. The van der Waals surface area contributed by atoms with Crippen molar-refractivity contribution in [1.82, 2.24) is 0 Å². The van der Waals surface area contributed by atoms with Gasteiger partial charge < -0.3 is 10.6 Å². The summed E-state index contributed by atoms with van der Waals surface area (Å²) in [6.45, 7) is 0. The predicted octanol–water partition coefficient (Wildman–Crippen LogP) is 3.59. The zero-order valence-electron chi connectivity index (χ0n) is 11.2. The van der Waals surface area contributed by atoms with Crippen LogP contribution in [0.3, 0.4) is 0 Å². The minimum atomic E-state index is -0.917. The Bertz CT molecular complexity index is 722. The molecule has 0 spiro atoms. The molecule has 0 fully saturated rings. The Balaban J connectivity index is 1.94. The van der Waals surface area contributed by atoms with Crippen molar-refractivity contribution in [3.05, 3.63) is 59.1 Å². The number of hydrogen-bond donors (Lipinski definition) is 2. The lowest BCUT2D eigenvalue weighted by molar-refractivity contribution is -0.123. The van der Waals surface area contributed by atoms with Crippen LogP contribution in [0.15, 0.2) is 42.5 Å². The number of amides is 2. The fourth-order valence-electron chi connectivity index (χ4n) is 1.69. The standard InChI is InChI=1S/C15H11ClF2N2O2/c16-10-3-1-2-4-12(10)19-14(21)8-15(22)20-13-6-5-9(17)7-11(13)18/h1-7H,8H2,(H,19,21)(H,20,22). The SMILES string of the molecule is O=C(CC(=O)Nc1ccccc1Cl)Nc1ccc(F)cc1F. The third kappa shape index (κ3) is 4.26. The average Bonchev–Trinajstić information content (AvgIpc) is 2.44. The van der Waals surface area contributed by atoms with E-state index in [4.69, 9.17) is 11.6 Å². The largest absolute Gasteiger partial charge is 0.324 e. The lowest BCUT2D eigenvalue weighted by atomic mass is 10.2. The van der Waals surface area contributed by atoms with Crippen molar-refractivity contribution in [2.24, 2.45) is 0 Å². The summed E-state index contributed by atoms with van der Waals surface area (Å²) < 4.78 is 26.1. The van der Waals surface area contributed by atoms with Crippen LogP contribution < -0.4 is 10.6 Å². The molecule has 0 saturated heterocycles. The molecular weight excluding hydrogens is 314 g/mol. The van der Waals surface area contributed by atoms with Crippen LogP contribution in [0.2, 0.25) is 5.02 Å². The first-order valence-corrected chi connectivity index (χ1v) is 6.63. The van der Waals surface area contributed by atoms with Gasteiger partial charge in [-0.1, -0.05) is 23.7 Å². The van der Waals surface area contributed by atoms with E-state index in [0.29, 0.717) is 16.8 Å². The quantitative estimate of drug-likeness (QED) is 0.844. The highest BCUT2D eigenvalue weighted by Gasteiger charge is 2.13. The molecule has 2 N–H and O–H groups in total. The Morgan fingerprint density at radius 2 is 1.59 bits per heavy atom. The number of rotatable bonds is 4. The van der Waals surface area contributed by atoms with Crippen LogP contribution in [0.25, 0.3) is 0 Å². The van der Waals surface area contributed by atoms with Gasteiger partial charge in [-0.3, -0.25) is 9.59 Å². The summed E-state index contributed by atoms with van der Waals surface area (Å²) in [7, 11) is 0. The van der Waals surface area contributed by atoms with Crippen LogP contribution in [0.5, 0.6) is 0 Å². The maximum atomic E-state index is 13.4. The maximum absolute atomic E-state index is 13.4. The molecule has 2 amide bonds. The fraction of sp³-hybridized carbons (Fsp3) is 0.0667. The molecule has 0 aliphatic rings. The molecule has 22 heavy (non-hydrogen) atoms. The van der Waals surface area contributed by atoms with E-state index in [9.17, 15) is 18.4 Å². The highest BCUT2D eigenvalue weighted by atomic mass is 35.5. The summed E-state index contributed by atoms with van der Waals surface area (Å²) in [4.78, 5) is 23.4. The second-order valence-electron chi connectivity index (χ2n) is 4.38. The van der Waals surface area contributed by atoms with E-state index in [2.05, 4.69) is 10.6 Å². The molecule has 0 atom stereocenters. The molecule has 0 aliphatic carbocycles. The van der Waals surface area contributed by atoms with Gasteiger partial charge in [-0.05, 0) is 24.3 Å². The van der Waals surface area contributed by atoms with Crippen molar-refractivity contribution in [2.45, 2.75) is 6.42 Å². The van der Waals surface area contributed by atoms with Gasteiger partial charge >= 0.3 is 0 Å². The monoisotopic (exact) mass is 324 g/mol. The predicted molar refractivity (Wildman–Crippen MR) is 79.7 cm³/mol. The Morgan fingerprint density at radius 1 is 0.955 bits per heavy atom. The van der Waals surface area contributed by atoms with Crippen LogP contribution >= 0.6 is 11.6 Å². The summed E-state index contributed by atoms with van der Waals surface area (Å²) in [5.74, 6) is -3.00. The van der Waals surface area contributed by atoms with Gasteiger partial charge in [-0.15, -0.1) is 0 Å². The molecule has 0 heterocycles. The third-order valence-electron chi connectivity index (χ3n) is 2.67. The van der Waals surface area contributed by atoms with Crippen LogP contribution in [0, 0.1) is 11.6 Å². The van der Waals surface area contributed by atoms with Crippen LogP contribution in [-0.4, -0.2) is 11.8 Å². The molecule has 0 aromatic heterocycles. The summed E-state index contributed by atoms with van der Waals surface area (Å²) in [5, 5.41) is 4.99. The number of hydrogen-bond acceptors (Lipinski definition) is 2. The van der Waals surface area contributed by atoms with Crippen molar-refractivity contribution in [3.63, 3.8) is 0 Å². The van der Waals surface area contributed by atoms with E-state index in [1.165, 1.54) is 0 Å². The van der Waals surface area contributed by atoms with Crippen molar-refractivity contribution < 1.29 is 18.4 Å². The van der Waals surface area contributed by atoms with Gasteiger partial charge in [0.15, 0.2) is 0 Å². The maximum Gasteiger partial charge on any atom is 0.233 e. The second-order valence-corrected chi connectivity index (χ2v) is 4.78. The molecule has 2 aromatic rings. The van der Waals surface area contributed by atoms with Gasteiger partial charge in [0.2, 0.25) is 11.8 Å². The van der Waals surface area contributed by atoms with Gasteiger partial charge in [-0.25, -0.2) is 8.78 Å². The normalized spacial score (nSPS) is 10.1. The van der Waals surface area contributed by atoms with E-state index in [-0.39, 0.29) is 5.69 Å². The van der Waals surface area contributed by atoms with Gasteiger partial charge in [0, 0.05) is 6.07 Å². The van der Waals surface area contributed by atoms with Crippen molar-refractivity contribution in [2.75, 3.05) is 10.6 Å². The van der Waals surface area contributed by atoms with Gasteiger partial charge in [0.25, 0.3) is 0 Å². The van der Waals surface area contributed by atoms with E-state index >= 15 is 0 Å². The topological polar surface area (TPSA) is 58.2 Å². The van der Waals surface area contributed by atoms with E-state index in [0.717, 1.165) is 12.1 Å². The smallest absolute Gasteiger partial charge is 0.233 e. The summed E-state index contributed by atoms with van der Waals surface area (Å²) >= 11 is 5.87. The Morgan fingerprint density at radius 3 is 2.23 bits per heavy atom. The number of carbonyl (C=O) groups is 2. The molecule has 114 valence electrons. The number of anilines is 2. The van der Waals surface area contributed by atoms with E-state index in [1.54, 1.807) is 24.3 Å². The minimum Gasteiger partial charge on any atom is -0.324 e. The van der Waals surface area contributed by atoms with Crippen LogP contribution in [-0.2, 0) is 9.59 Å². The molecule has 4 nitrogen and oxygen atoms in total. The zero-order chi connectivity index (χ0) is 16.1. The molecule has 0 unspecified atom stereocenters. The molecule has 0 aliphatic heterocycles. The third-order valence-corrected chi connectivity index (χ3v) is 3.00. The Labute approximate surface area is 130 Å². The van der Waals surface area contributed by atoms with E-state index in [1.807, 2.05) is 0 Å². The summed E-state index contributed by atoms with van der Waals surface area (Å²) in [6, 6.07) is 9.26. The number of nitrogens with one attached hydrogen (secondary N) is 2. The minimum absolute atomic E-state index is 0.197. The van der Waals surface area contributed by atoms with Crippen molar-refractivity contribution >= 4 is 34.8 Å². The van der Waals surface area contributed by atoms with E-state index < -0.39 is 29.9 Å². The van der Waals surface area contributed by atoms with Crippen LogP contribution in [0.4, 0.5) is 20.2 Å². The zero-order valence-corrected chi connectivity index (χ0v) is 12.0. The Kier molecular flexibility index (Phi) is 5.06. The number of benzene rings is 2. The number of halogens is 3. The molecule has 2 aromatic carbocycles. The fourth-order valence-corrected chi connectivity index (χ4v) is 1.87. The molecule has 0 bridgehead atoms. The molecule has 0 saturated carbocycles. The number of para-hydroxylation sites is 1. The first kappa shape index (κ1) is 15.9. The molecule has 2 rings (SSSR count).